The molecule has 39 heavy (non-hydrogen) atoms. The number of rotatable bonds is 11. The van der Waals surface area contributed by atoms with Crippen LogP contribution in [0, 0.1) is 11.8 Å². The number of ether oxygens (including phenoxy) is 1. The Balaban J connectivity index is 1.10. The predicted octanol–water partition coefficient (Wildman–Crippen LogP) is 4.33. The van der Waals surface area contributed by atoms with E-state index in [1.165, 1.54) is 0 Å². The molecule has 1 saturated carbocycles. The van der Waals surface area contributed by atoms with Crippen LogP contribution < -0.4 is 15.4 Å². The third-order valence-corrected chi connectivity index (χ3v) is 9.60. The van der Waals surface area contributed by atoms with Crippen LogP contribution in [0.2, 0.25) is 0 Å². The second kappa shape index (κ2) is 13.4. The number of para-hydroxylation sites is 1. The topological polar surface area (TPSA) is 108 Å². The van der Waals surface area contributed by atoms with Gasteiger partial charge in [-0.3, -0.25) is 4.90 Å². The monoisotopic (exact) mass is 616 g/mol. The number of halogens is 1. The largest absolute Gasteiger partial charge is 0.379 e. The lowest BCUT2D eigenvalue weighted by Crippen LogP contribution is -2.39. The molecule has 2 aliphatic rings. The van der Waals surface area contributed by atoms with Gasteiger partial charge in [0.25, 0.3) is 0 Å². The molecule has 0 unspecified atom stereocenters. The van der Waals surface area contributed by atoms with Crippen molar-refractivity contribution < 1.29 is 13.2 Å². The Morgan fingerprint density at radius 1 is 0.897 bits per heavy atom. The highest BCUT2D eigenvalue weighted by Gasteiger charge is 2.23. The minimum Gasteiger partial charge on any atom is -0.379 e. The molecule has 1 aliphatic heterocycles. The number of anilines is 2. The molecule has 210 valence electrons. The standard InChI is InChI=1S/C28H37BrN6O3S/c29-23-9-11-24(12-10-23)39(36,37)32-20-22-7-5-21(6-8-22)19-31-28-33-26-4-2-1-3-25(26)27(34-28)30-13-14-35-15-17-38-18-16-35/h1-4,9-12,21-22,32H,5-8,13-20H2,(H2,30,31,33,34)/t21-,22-. The Bertz CT molecular complexity index is 1330. The van der Waals surface area contributed by atoms with Crippen LogP contribution in [0.4, 0.5) is 11.8 Å². The van der Waals surface area contributed by atoms with Crippen molar-refractivity contribution in [3.8, 4) is 0 Å². The van der Waals surface area contributed by atoms with Crippen molar-refractivity contribution in [1.82, 2.24) is 19.6 Å². The molecular weight excluding hydrogens is 580 g/mol. The van der Waals surface area contributed by atoms with Gasteiger partial charge in [0, 0.05) is 49.1 Å². The van der Waals surface area contributed by atoms with Gasteiger partial charge in [0.1, 0.15) is 5.82 Å². The van der Waals surface area contributed by atoms with E-state index in [1.54, 1.807) is 24.3 Å². The molecule has 0 radical (unpaired) electrons. The maximum absolute atomic E-state index is 12.6. The van der Waals surface area contributed by atoms with Crippen molar-refractivity contribution in [2.75, 3.05) is 63.1 Å². The van der Waals surface area contributed by atoms with E-state index in [9.17, 15) is 8.42 Å². The third kappa shape index (κ3) is 7.88. The maximum atomic E-state index is 12.6. The lowest BCUT2D eigenvalue weighted by molar-refractivity contribution is 0.0398. The van der Waals surface area contributed by atoms with Crippen LogP contribution >= 0.6 is 15.9 Å². The number of benzene rings is 2. The molecule has 0 atom stereocenters. The number of hydrogen-bond donors (Lipinski definition) is 3. The number of aromatic nitrogens is 2. The Labute approximate surface area is 239 Å². The average Bonchev–Trinajstić information content (AvgIpc) is 2.96. The lowest BCUT2D eigenvalue weighted by atomic mass is 9.82. The molecule has 0 bridgehead atoms. The number of hydrogen-bond acceptors (Lipinski definition) is 8. The van der Waals surface area contributed by atoms with E-state index >= 15 is 0 Å². The van der Waals surface area contributed by atoms with Crippen LogP contribution in [-0.2, 0) is 14.8 Å². The number of sulfonamides is 1. The zero-order chi connectivity index (χ0) is 27.1. The smallest absolute Gasteiger partial charge is 0.240 e. The normalized spacial score (nSPS) is 20.6. The van der Waals surface area contributed by atoms with E-state index in [0.29, 0.717) is 29.2 Å². The first kappa shape index (κ1) is 28.2. The minimum absolute atomic E-state index is 0.300. The summed E-state index contributed by atoms with van der Waals surface area (Å²) in [6, 6.07) is 14.8. The summed E-state index contributed by atoms with van der Waals surface area (Å²) in [6.45, 7) is 6.59. The van der Waals surface area contributed by atoms with Crippen LogP contribution in [0.3, 0.4) is 0 Å². The van der Waals surface area contributed by atoms with E-state index in [0.717, 1.165) is 92.8 Å². The summed E-state index contributed by atoms with van der Waals surface area (Å²) in [6.07, 6.45) is 4.11. The molecule has 0 amide bonds. The van der Waals surface area contributed by atoms with Gasteiger partial charge in [-0.05, 0) is 73.9 Å². The molecule has 11 heteroatoms. The number of fused-ring (bicyclic) bond motifs is 1. The number of nitrogens with one attached hydrogen (secondary N) is 3. The second-order valence-electron chi connectivity index (χ2n) is 10.4. The molecule has 0 spiro atoms. The summed E-state index contributed by atoms with van der Waals surface area (Å²) in [5, 5.41) is 8.03. The predicted molar refractivity (Wildman–Crippen MR) is 159 cm³/mol. The summed E-state index contributed by atoms with van der Waals surface area (Å²) in [7, 11) is -3.49. The summed E-state index contributed by atoms with van der Waals surface area (Å²) in [5.41, 5.74) is 0.922. The van der Waals surface area contributed by atoms with Gasteiger partial charge in [0.05, 0.1) is 23.6 Å². The van der Waals surface area contributed by atoms with Gasteiger partial charge in [-0.15, -0.1) is 0 Å². The average molecular weight is 618 g/mol. The fourth-order valence-electron chi connectivity index (χ4n) is 5.25. The van der Waals surface area contributed by atoms with E-state index < -0.39 is 10.0 Å². The van der Waals surface area contributed by atoms with Crippen LogP contribution in [0.25, 0.3) is 10.9 Å². The van der Waals surface area contributed by atoms with Crippen LogP contribution in [0.5, 0.6) is 0 Å². The van der Waals surface area contributed by atoms with Crippen molar-refractivity contribution in [3.05, 3.63) is 53.0 Å². The Morgan fingerprint density at radius 2 is 1.59 bits per heavy atom. The summed E-state index contributed by atoms with van der Waals surface area (Å²) in [5.74, 6) is 2.37. The Kier molecular flexibility index (Phi) is 9.67. The second-order valence-corrected chi connectivity index (χ2v) is 13.0. The van der Waals surface area contributed by atoms with E-state index in [4.69, 9.17) is 14.7 Å². The molecule has 1 aliphatic carbocycles. The first-order chi connectivity index (χ1) is 19.0. The summed E-state index contributed by atoms with van der Waals surface area (Å²) < 4.78 is 34.3. The van der Waals surface area contributed by atoms with Crippen LogP contribution in [-0.4, -0.2) is 75.8 Å². The molecule has 3 N–H and O–H groups in total. The lowest BCUT2D eigenvalue weighted by Gasteiger charge is -2.28. The van der Waals surface area contributed by atoms with Crippen molar-refractivity contribution in [1.29, 1.82) is 0 Å². The fourth-order valence-corrected chi connectivity index (χ4v) is 6.63. The first-order valence-electron chi connectivity index (χ1n) is 13.8. The van der Waals surface area contributed by atoms with Gasteiger partial charge in [0.15, 0.2) is 0 Å². The molecule has 9 nitrogen and oxygen atoms in total. The highest BCUT2D eigenvalue weighted by Crippen LogP contribution is 2.29. The zero-order valence-electron chi connectivity index (χ0n) is 22.1. The number of morpholine rings is 1. The number of nitrogens with zero attached hydrogens (tertiary/aromatic N) is 3. The molecule has 2 aromatic carbocycles. The van der Waals surface area contributed by atoms with Crippen molar-refractivity contribution in [2.24, 2.45) is 11.8 Å². The molecule has 1 aromatic heterocycles. The van der Waals surface area contributed by atoms with E-state index in [1.807, 2.05) is 18.2 Å². The summed E-state index contributed by atoms with van der Waals surface area (Å²) in [4.78, 5) is 12.3. The van der Waals surface area contributed by atoms with Crippen LogP contribution in [0.1, 0.15) is 25.7 Å². The highest BCUT2D eigenvalue weighted by atomic mass is 79.9. The van der Waals surface area contributed by atoms with E-state index in [-0.39, 0.29) is 0 Å². The van der Waals surface area contributed by atoms with Gasteiger partial charge in [0.2, 0.25) is 16.0 Å². The van der Waals surface area contributed by atoms with Crippen molar-refractivity contribution in [3.63, 3.8) is 0 Å². The highest BCUT2D eigenvalue weighted by molar-refractivity contribution is 9.10. The third-order valence-electron chi connectivity index (χ3n) is 7.63. The first-order valence-corrected chi connectivity index (χ1v) is 16.0. The molecule has 3 aromatic rings. The summed E-state index contributed by atoms with van der Waals surface area (Å²) >= 11 is 3.35. The molecule has 5 rings (SSSR count). The maximum Gasteiger partial charge on any atom is 0.240 e. The minimum atomic E-state index is -3.49. The van der Waals surface area contributed by atoms with Gasteiger partial charge < -0.3 is 15.4 Å². The van der Waals surface area contributed by atoms with Gasteiger partial charge in [-0.2, -0.15) is 4.98 Å². The fraction of sp³-hybridized carbons (Fsp3) is 0.500. The van der Waals surface area contributed by atoms with Crippen LogP contribution in [0.15, 0.2) is 57.9 Å². The van der Waals surface area contributed by atoms with Gasteiger partial charge >= 0.3 is 0 Å². The zero-order valence-corrected chi connectivity index (χ0v) is 24.5. The molecule has 1 saturated heterocycles. The van der Waals surface area contributed by atoms with Crippen molar-refractivity contribution in [2.45, 2.75) is 30.6 Å². The molecule has 2 fully saturated rings. The van der Waals surface area contributed by atoms with Gasteiger partial charge in [-0.25, -0.2) is 18.1 Å². The van der Waals surface area contributed by atoms with E-state index in [2.05, 4.69) is 42.3 Å². The quantitative estimate of drug-likeness (QED) is 0.292. The molecular formula is C28H37BrN6O3S. The SMILES string of the molecule is O=S(=O)(NC[C@H]1CC[C@H](CNc2nc(NCCN3CCOCC3)c3ccccc3n2)CC1)c1ccc(Br)cc1. The molecule has 2 heterocycles. The Hall–Kier alpha value is -2.31. The van der Waals surface area contributed by atoms with Gasteiger partial charge in [-0.1, -0.05) is 28.1 Å². The Morgan fingerprint density at radius 3 is 2.33 bits per heavy atom. The van der Waals surface area contributed by atoms with Crippen molar-refractivity contribution >= 4 is 48.6 Å².